The highest BCUT2D eigenvalue weighted by molar-refractivity contribution is 8.01. The maximum absolute atomic E-state index is 12.5. The molecule has 3 rings (SSSR count). The number of hydrogen-bond donors (Lipinski definition) is 0. The smallest absolute Gasteiger partial charge is 0.339 e. The van der Waals surface area contributed by atoms with Gasteiger partial charge in [-0.15, -0.1) is 11.3 Å². The number of rotatable bonds is 6. The van der Waals surface area contributed by atoms with Gasteiger partial charge >= 0.3 is 5.97 Å². The third kappa shape index (κ3) is 5.03. The summed E-state index contributed by atoms with van der Waals surface area (Å²) in [6, 6.07) is 4.21. The molecule has 0 radical (unpaired) electrons. The van der Waals surface area contributed by atoms with Crippen LogP contribution in [0.25, 0.3) is 0 Å². The van der Waals surface area contributed by atoms with Crippen molar-refractivity contribution in [2.45, 2.75) is 55.4 Å². The minimum Gasteiger partial charge on any atom is -0.449 e. The molecular weight excluding hydrogens is 428 g/mol. The maximum atomic E-state index is 12.5. The van der Waals surface area contributed by atoms with Crippen LogP contribution in [0.3, 0.4) is 0 Å². The molecule has 0 aliphatic rings. The van der Waals surface area contributed by atoms with Gasteiger partial charge in [0.05, 0.1) is 15.4 Å². The molecule has 3 aromatic rings. The number of thiazole rings is 1. The van der Waals surface area contributed by atoms with E-state index in [1.165, 1.54) is 41.3 Å². The number of benzene rings is 1. The zero-order valence-electron chi connectivity index (χ0n) is 17.0. The first-order valence-electron chi connectivity index (χ1n) is 8.98. The molecule has 0 unspecified atom stereocenters. The maximum Gasteiger partial charge on any atom is 0.339 e. The minimum atomic E-state index is -0.799. The molecular formula is C19H20N4O5S2. The van der Waals surface area contributed by atoms with E-state index in [1.807, 2.05) is 33.1 Å². The van der Waals surface area contributed by atoms with Crippen LogP contribution >= 0.6 is 23.1 Å². The normalized spacial score (nSPS) is 12.6. The van der Waals surface area contributed by atoms with Gasteiger partial charge in [-0.1, -0.05) is 37.7 Å². The van der Waals surface area contributed by atoms with Crippen LogP contribution in [0.5, 0.6) is 0 Å². The first-order valence-corrected chi connectivity index (χ1v) is 10.7. The third-order valence-electron chi connectivity index (χ3n) is 3.93. The van der Waals surface area contributed by atoms with Crippen molar-refractivity contribution in [1.82, 2.24) is 15.1 Å². The largest absolute Gasteiger partial charge is 0.449 e. The molecule has 0 saturated heterocycles. The van der Waals surface area contributed by atoms with E-state index in [-0.39, 0.29) is 22.6 Å². The summed E-state index contributed by atoms with van der Waals surface area (Å²) >= 11 is 2.58. The lowest BCUT2D eigenvalue weighted by Gasteiger charge is -2.12. The fraction of sp³-hybridized carbons (Fsp3) is 0.368. The Kier molecular flexibility index (Phi) is 6.22. The molecule has 9 nitrogen and oxygen atoms in total. The monoisotopic (exact) mass is 448 g/mol. The van der Waals surface area contributed by atoms with Crippen LogP contribution in [0.15, 0.2) is 37.3 Å². The van der Waals surface area contributed by atoms with E-state index in [1.54, 1.807) is 6.92 Å². The van der Waals surface area contributed by atoms with Crippen molar-refractivity contribution < 1.29 is 19.0 Å². The Morgan fingerprint density at radius 2 is 2.07 bits per heavy atom. The van der Waals surface area contributed by atoms with Gasteiger partial charge in [0.2, 0.25) is 0 Å². The molecule has 0 bridgehead atoms. The molecule has 0 fully saturated rings. The predicted octanol–water partition coefficient (Wildman–Crippen LogP) is 5.11. The van der Waals surface area contributed by atoms with Crippen molar-refractivity contribution in [3.8, 4) is 0 Å². The molecule has 0 aliphatic carbocycles. The molecule has 0 aliphatic heterocycles. The molecule has 2 heterocycles. The highest BCUT2D eigenvalue weighted by Gasteiger charge is 2.26. The number of carbonyl (C=O) groups excluding carboxylic acids is 1. The van der Waals surface area contributed by atoms with Crippen molar-refractivity contribution in [3.05, 3.63) is 56.7 Å². The standard InChI is InChI=1S/C19H20N4O5S2/c1-10-9-29-18(20-10)30-14-7-6-12(8-13(14)23(25)26)16(24)27-11(2)15-21-17(22-28-15)19(3,4)5/h6-9,11H,1-5H3/t11-/m0/s1. The van der Waals surface area contributed by atoms with Gasteiger partial charge < -0.3 is 9.26 Å². The summed E-state index contributed by atoms with van der Waals surface area (Å²) in [5, 5.41) is 17.3. The van der Waals surface area contributed by atoms with Crippen molar-refractivity contribution >= 4 is 34.8 Å². The summed E-state index contributed by atoms with van der Waals surface area (Å²) in [4.78, 5) is 32.5. The predicted molar refractivity (Wildman–Crippen MR) is 111 cm³/mol. The Labute approximate surface area is 181 Å². The SMILES string of the molecule is Cc1csc(Sc2ccc(C(=O)O[C@@H](C)c3nc(C(C)(C)C)no3)cc2[N+](=O)[O-])n1. The van der Waals surface area contributed by atoms with Gasteiger partial charge in [-0.25, -0.2) is 9.78 Å². The number of esters is 1. The summed E-state index contributed by atoms with van der Waals surface area (Å²) < 4.78 is 11.2. The van der Waals surface area contributed by atoms with E-state index in [0.717, 1.165) is 5.69 Å². The Hall–Kier alpha value is -2.79. The average Bonchev–Trinajstić information content (AvgIpc) is 3.31. The van der Waals surface area contributed by atoms with Crippen molar-refractivity contribution in [1.29, 1.82) is 0 Å². The molecule has 0 spiro atoms. The van der Waals surface area contributed by atoms with Crippen LogP contribution in [0.4, 0.5) is 5.69 Å². The lowest BCUT2D eigenvalue weighted by Crippen LogP contribution is -2.14. The summed E-state index contributed by atoms with van der Waals surface area (Å²) in [5.74, 6) is -0.0633. The number of nitro benzene ring substituents is 1. The summed E-state index contributed by atoms with van der Waals surface area (Å²) in [5.41, 5.74) is 0.400. The third-order valence-corrected chi connectivity index (χ3v) is 6.05. The van der Waals surface area contributed by atoms with Crippen LogP contribution in [0.2, 0.25) is 0 Å². The number of carbonyl (C=O) groups is 1. The van der Waals surface area contributed by atoms with Gasteiger partial charge in [-0.2, -0.15) is 4.98 Å². The summed E-state index contributed by atoms with van der Waals surface area (Å²) in [6.07, 6.45) is -0.799. The first kappa shape index (κ1) is 21.9. The van der Waals surface area contributed by atoms with E-state index >= 15 is 0 Å². The van der Waals surface area contributed by atoms with Gasteiger partial charge in [-0.05, 0) is 26.0 Å². The van der Waals surface area contributed by atoms with Crippen molar-refractivity contribution in [3.63, 3.8) is 0 Å². The number of ether oxygens (including phenoxy) is 1. The molecule has 30 heavy (non-hydrogen) atoms. The molecule has 0 saturated carbocycles. The fourth-order valence-electron chi connectivity index (χ4n) is 2.33. The molecule has 1 aromatic carbocycles. The van der Waals surface area contributed by atoms with Crippen LogP contribution in [0.1, 0.15) is 61.6 Å². The molecule has 1 atom stereocenters. The fourth-order valence-corrected chi connectivity index (χ4v) is 4.21. The quantitative estimate of drug-likeness (QED) is 0.287. The second-order valence-electron chi connectivity index (χ2n) is 7.55. The van der Waals surface area contributed by atoms with E-state index in [9.17, 15) is 14.9 Å². The van der Waals surface area contributed by atoms with Gasteiger partial charge in [-0.3, -0.25) is 10.1 Å². The first-order chi connectivity index (χ1) is 14.0. The Morgan fingerprint density at radius 3 is 2.63 bits per heavy atom. The zero-order valence-corrected chi connectivity index (χ0v) is 18.7. The average molecular weight is 449 g/mol. The summed E-state index contributed by atoms with van der Waals surface area (Å²) in [6.45, 7) is 9.25. The highest BCUT2D eigenvalue weighted by atomic mass is 32.2. The molecule has 0 amide bonds. The number of nitro groups is 1. The zero-order chi connectivity index (χ0) is 22.1. The van der Waals surface area contributed by atoms with Crippen LogP contribution in [-0.2, 0) is 10.2 Å². The molecule has 0 N–H and O–H groups in total. The van der Waals surface area contributed by atoms with Crippen molar-refractivity contribution in [2.75, 3.05) is 0 Å². The topological polar surface area (TPSA) is 121 Å². The number of hydrogen-bond acceptors (Lipinski definition) is 10. The second kappa shape index (κ2) is 8.52. The Bertz CT molecular complexity index is 1090. The van der Waals surface area contributed by atoms with Gasteiger partial charge in [0.25, 0.3) is 11.6 Å². The Balaban J connectivity index is 1.77. The minimum absolute atomic E-state index is 0.0591. The van der Waals surface area contributed by atoms with E-state index in [0.29, 0.717) is 15.1 Å². The Morgan fingerprint density at radius 1 is 1.33 bits per heavy atom. The van der Waals surface area contributed by atoms with Crippen LogP contribution in [0, 0.1) is 17.0 Å². The number of aryl methyl sites for hydroxylation is 1. The van der Waals surface area contributed by atoms with E-state index in [4.69, 9.17) is 9.26 Å². The highest BCUT2D eigenvalue weighted by Crippen LogP contribution is 2.37. The van der Waals surface area contributed by atoms with Crippen LogP contribution in [-0.4, -0.2) is 26.0 Å². The van der Waals surface area contributed by atoms with Gasteiger partial charge in [0, 0.05) is 22.6 Å². The molecule has 11 heteroatoms. The molecule has 2 aromatic heterocycles. The second-order valence-corrected chi connectivity index (χ2v) is 9.70. The van der Waals surface area contributed by atoms with Crippen molar-refractivity contribution in [2.24, 2.45) is 0 Å². The number of nitrogens with zero attached hydrogens (tertiary/aromatic N) is 4. The lowest BCUT2D eigenvalue weighted by atomic mass is 9.96. The van der Waals surface area contributed by atoms with E-state index < -0.39 is 17.0 Å². The molecule has 158 valence electrons. The lowest BCUT2D eigenvalue weighted by molar-refractivity contribution is -0.387. The number of aromatic nitrogens is 3. The van der Waals surface area contributed by atoms with Gasteiger partial charge in [0.15, 0.2) is 16.3 Å². The van der Waals surface area contributed by atoms with E-state index in [2.05, 4.69) is 15.1 Å². The van der Waals surface area contributed by atoms with Crippen LogP contribution < -0.4 is 0 Å². The van der Waals surface area contributed by atoms with Gasteiger partial charge in [0.1, 0.15) is 0 Å². The summed E-state index contributed by atoms with van der Waals surface area (Å²) in [7, 11) is 0.